The summed E-state index contributed by atoms with van der Waals surface area (Å²) in [5.74, 6) is -0.251. The van der Waals surface area contributed by atoms with Gasteiger partial charge in [-0.15, -0.1) is 0 Å². The summed E-state index contributed by atoms with van der Waals surface area (Å²) in [6.07, 6.45) is 2.48. The van der Waals surface area contributed by atoms with Gasteiger partial charge in [-0.3, -0.25) is 9.59 Å². The van der Waals surface area contributed by atoms with Crippen molar-refractivity contribution in [2.45, 2.75) is 20.8 Å². The fourth-order valence-electron chi connectivity index (χ4n) is 1.28. The predicted octanol–water partition coefficient (Wildman–Crippen LogP) is 1.25. The molecule has 0 spiro atoms. The minimum Gasteiger partial charge on any atom is -0.352 e. The highest BCUT2D eigenvalue weighted by molar-refractivity contribution is 5.87. The normalized spacial score (nSPS) is 10.8. The predicted molar refractivity (Wildman–Crippen MR) is 69.4 cm³/mol. The van der Waals surface area contributed by atoms with Gasteiger partial charge < -0.3 is 10.6 Å². The summed E-state index contributed by atoms with van der Waals surface area (Å²) in [6.45, 7) is 14.0. The lowest BCUT2D eigenvalue weighted by Crippen LogP contribution is -2.41. The molecule has 17 heavy (non-hydrogen) atoms. The first-order valence-corrected chi connectivity index (χ1v) is 5.61. The summed E-state index contributed by atoms with van der Waals surface area (Å²) < 4.78 is 0. The van der Waals surface area contributed by atoms with Crippen LogP contribution in [0.1, 0.15) is 20.8 Å². The Labute approximate surface area is 103 Å². The molecule has 4 nitrogen and oxygen atoms in total. The zero-order valence-corrected chi connectivity index (χ0v) is 10.9. The summed E-state index contributed by atoms with van der Waals surface area (Å²) in [5, 5.41) is 5.49. The fourth-order valence-corrected chi connectivity index (χ4v) is 1.28. The van der Waals surface area contributed by atoms with Crippen molar-refractivity contribution < 1.29 is 9.59 Å². The second-order valence-electron chi connectivity index (χ2n) is 4.96. The van der Waals surface area contributed by atoms with E-state index in [9.17, 15) is 9.59 Å². The summed E-state index contributed by atoms with van der Waals surface area (Å²) in [6, 6.07) is 0. The minimum atomic E-state index is -0.200. The average Bonchev–Trinajstić information content (AvgIpc) is 2.26. The van der Waals surface area contributed by atoms with Gasteiger partial charge in [-0.1, -0.05) is 33.9 Å². The van der Waals surface area contributed by atoms with E-state index in [-0.39, 0.29) is 23.1 Å². The molecule has 4 heteroatoms. The maximum absolute atomic E-state index is 11.1. The lowest BCUT2D eigenvalue weighted by Gasteiger charge is -2.30. The number of nitrogens with one attached hydrogen (secondary N) is 2. The zero-order chi connectivity index (χ0) is 13.5. The Morgan fingerprint density at radius 2 is 1.41 bits per heavy atom. The lowest BCUT2D eigenvalue weighted by molar-refractivity contribution is -0.116. The van der Waals surface area contributed by atoms with Crippen molar-refractivity contribution in [3.05, 3.63) is 25.3 Å². The Hall–Kier alpha value is -1.58. The van der Waals surface area contributed by atoms with Crippen molar-refractivity contribution in [1.29, 1.82) is 0 Å². The first-order valence-electron chi connectivity index (χ1n) is 5.61. The topological polar surface area (TPSA) is 58.2 Å². The molecule has 0 rings (SSSR count). The molecule has 0 bridgehead atoms. The van der Waals surface area contributed by atoms with Crippen LogP contribution in [0.15, 0.2) is 25.3 Å². The van der Waals surface area contributed by atoms with E-state index in [1.807, 2.05) is 0 Å². The molecule has 0 aromatic carbocycles. The van der Waals surface area contributed by atoms with Gasteiger partial charge in [0.2, 0.25) is 11.8 Å². The maximum atomic E-state index is 11.1. The van der Waals surface area contributed by atoms with E-state index in [1.165, 1.54) is 12.2 Å². The number of amides is 2. The van der Waals surface area contributed by atoms with E-state index >= 15 is 0 Å². The van der Waals surface area contributed by atoms with Gasteiger partial charge in [-0.2, -0.15) is 0 Å². The Balaban J connectivity index is 4.34. The van der Waals surface area contributed by atoms with E-state index < -0.39 is 0 Å². The third-order valence-corrected chi connectivity index (χ3v) is 2.64. The molecule has 2 N–H and O–H groups in total. The second kappa shape index (κ2) is 6.89. The molecule has 96 valence electrons. The lowest BCUT2D eigenvalue weighted by atomic mass is 9.80. The van der Waals surface area contributed by atoms with Crippen molar-refractivity contribution in [2.24, 2.45) is 11.3 Å². The summed E-state index contributed by atoms with van der Waals surface area (Å²) in [7, 11) is 0. The van der Waals surface area contributed by atoms with Gasteiger partial charge in [0.15, 0.2) is 0 Å². The molecular weight excluding hydrogens is 216 g/mol. The number of carbonyl (C=O) groups is 2. The molecule has 0 heterocycles. The second-order valence-corrected chi connectivity index (χ2v) is 4.96. The molecular formula is C13H22N2O2. The Morgan fingerprint density at radius 1 is 1.06 bits per heavy atom. The zero-order valence-electron chi connectivity index (χ0n) is 10.9. The highest BCUT2D eigenvalue weighted by Gasteiger charge is 2.24. The third-order valence-electron chi connectivity index (χ3n) is 2.64. The number of rotatable bonds is 6. The largest absolute Gasteiger partial charge is 0.352 e. The molecule has 0 aliphatic rings. The first kappa shape index (κ1) is 15.4. The summed E-state index contributed by atoms with van der Waals surface area (Å²) in [5.41, 5.74) is -0.0110. The van der Waals surface area contributed by atoms with Gasteiger partial charge >= 0.3 is 0 Å². The van der Waals surface area contributed by atoms with E-state index in [0.717, 1.165) is 0 Å². The molecule has 0 unspecified atom stereocenters. The van der Waals surface area contributed by atoms with Crippen LogP contribution in [0.2, 0.25) is 0 Å². The summed E-state index contributed by atoms with van der Waals surface area (Å²) in [4.78, 5) is 22.2. The van der Waals surface area contributed by atoms with Crippen LogP contribution < -0.4 is 10.6 Å². The molecule has 0 aliphatic carbocycles. The van der Waals surface area contributed by atoms with Crippen LogP contribution in [0.4, 0.5) is 0 Å². The van der Waals surface area contributed by atoms with Crippen LogP contribution in [0.25, 0.3) is 0 Å². The van der Waals surface area contributed by atoms with Crippen LogP contribution in [-0.2, 0) is 9.59 Å². The third kappa shape index (κ3) is 6.56. The SMILES string of the molecule is C=CC(=O)NCC(CNC(=O)C=C)C(C)(C)C. The standard InChI is InChI=1S/C13H22N2O2/c1-6-11(16)14-8-10(13(3,4)5)9-15-12(17)7-2/h6-7,10H,1-2,8-9H2,3-5H3,(H,14,16)(H,15,17). The van der Waals surface area contributed by atoms with Gasteiger partial charge in [0.1, 0.15) is 0 Å². The molecule has 0 fully saturated rings. The van der Waals surface area contributed by atoms with Crippen molar-refractivity contribution in [1.82, 2.24) is 10.6 Å². The first-order chi connectivity index (χ1) is 7.81. The maximum Gasteiger partial charge on any atom is 0.243 e. The van der Waals surface area contributed by atoms with Crippen LogP contribution in [-0.4, -0.2) is 24.9 Å². The Morgan fingerprint density at radius 3 is 1.65 bits per heavy atom. The Kier molecular flexibility index (Phi) is 6.25. The highest BCUT2D eigenvalue weighted by Crippen LogP contribution is 2.24. The average molecular weight is 238 g/mol. The van der Waals surface area contributed by atoms with E-state index in [2.05, 4.69) is 44.6 Å². The summed E-state index contributed by atoms with van der Waals surface area (Å²) >= 11 is 0. The number of carbonyl (C=O) groups excluding carboxylic acids is 2. The monoisotopic (exact) mass is 238 g/mol. The van der Waals surface area contributed by atoms with Crippen molar-refractivity contribution in [3.8, 4) is 0 Å². The molecule has 0 aromatic heterocycles. The van der Waals surface area contributed by atoms with Crippen LogP contribution in [0.5, 0.6) is 0 Å². The van der Waals surface area contributed by atoms with E-state index in [4.69, 9.17) is 0 Å². The fraction of sp³-hybridized carbons (Fsp3) is 0.538. The molecule has 0 radical (unpaired) electrons. The number of hydrogen-bond acceptors (Lipinski definition) is 2. The smallest absolute Gasteiger partial charge is 0.243 e. The Bertz CT molecular complexity index is 279. The molecule has 0 saturated carbocycles. The van der Waals surface area contributed by atoms with Crippen molar-refractivity contribution in [3.63, 3.8) is 0 Å². The van der Waals surface area contributed by atoms with Crippen LogP contribution >= 0.6 is 0 Å². The van der Waals surface area contributed by atoms with E-state index in [0.29, 0.717) is 13.1 Å². The minimum absolute atomic E-state index is 0.0110. The molecule has 0 aliphatic heterocycles. The highest BCUT2D eigenvalue weighted by atomic mass is 16.2. The van der Waals surface area contributed by atoms with Crippen molar-refractivity contribution >= 4 is 11.8 Å². The number of hydrogen-bond donors (Lipinski definition) is 2. The van der Waals surface area contributed by atoms with Crippen molar-refractivity contribution in [2.75, 3.05) is 13.1 Å². The van der Waals surface area contributed by atoms with Gasteiger partial charge in [-0.05, 0) is 23.5 Å². The molecule has 2 amide bonds. The molecule has 0 aromatic rings. The molecule has 0 atom stereocenters. The van der Waals surface area contributed by atoms with Crippen LogP contribution in [0.3, 0.4) is 0 Å². The molecule has 0 saturated heterocycles. The van der Waals surface area contributed by atoms with Gasteiger partial charge in [-0.25, -0.2) is 0 Å². The van der Waals surface area contributed by atoms with Gasteiger partial charge in [0.25, 0.3) is 0 Å². The van der Waals surface area contributed by atoms with Crippen LogP contribution in [0, 0.1) is 11.3 Å². The van der Waals surface area contributed by atoms with Gasteiger partial charge in [0, 0.05) is 13.1 Å². The van der Waals surface area contributed by atoms with Gasteiger partial charge in [0.05, 0.1) is 0 Å². The van der Waals surface area contributed by atoms with E-state index in [1.54, 1.807) is 0 Å². The quantitative estimate of drug-likeness (QED) is 0.684.